The molecule has 0 N–H and O–H groups in total. The van der Waals surface area contributed by atoms with Gasteiger partial charge in [0.25, 0.3) is 0 Å². The van der Waals surface area contributed by atoms with E-state index in [0.29, 0.717) is 17.5 Å². The summed E-state index contributed by atoms with van der Waals surface area (Å²) in [6, 6.07) is 58.0. The van der Waals surface area contributed by atoms with Crippen molar-refractivity contribution in [2.75, 3.05) is 0 Å². The smallest absolute Gasteiger partial charge is 0.164 e. The predicted molar refractivity (Wildman–Crippen MR) is 207 cm³/mol. The van der Waals surface area contributed by atoms with E-state index in [1.165, 1.54) is 58.1 Å². The molecule has 0 atom stereocenters. The molecule has 3 nitrogen and oxygen atoms in total. The van der Waals surface area contributed by atoms with Crippen LogP contribution in [0, 0.1) is 0 Å². The SMILES string of the molecule is c1ccc(-c2nc(-c3ccc(-c4ccc5ccccc5c4)cc3)nc(-c3cc4ccccc4c4sc5cc6ccccc6cc5c34)n2)cc1. The van der Waals surface area contributed by atoms with Crippen molar-refractivity contribution in [1.82, 2.24) is 15.0 Å². The Morgan fingerprint density at radius 3 is 1.65 bits per heavy atom. The van der Waals surface area contributed by atoms with Gasteiger partial charge in [-0.3, -0.25) is 0 Å². The fraction of sp³-hybridized carbons (Fsp3) is 0. The van der Waals surface area contributed by atoms with Crippen LogP contribution in [-0.2, 0) is 0 Å². The number of thiophene rings is 1. The molecule has 0 aliphatic rings. The first kappa shape index (κ1) is 27.8. The largest absolute Gasteiger partial charge is 0.208 e. The van der Waals surface area contributed by atoms with E-state index in [1.807, 2.05) is 29.5 Å². The van der Waals surface area contributed by atoms with E-state index in [4.69, 9.17) is 15.0 Å². The zero-order valence-electron chi connectivity index (χ0n) is 26.3. The van der Waals surface area contributed by atoms with E-state index >= 15 is 0 Å². The Morgan fingerprint density at radius 1 is 0.347 bits per heavy atom. The van der Waals surface area contributed by atoms with Gasteiger partial charge in [-0.05, 0) is 67.7 Å². The van der Waals surface area contributed by atoms with E-state index in [2.05, 4.69) is 146 Å². The van der Waals surface area contributed by atoms with Crippen molar-refractivity contribution >= 4 is 63.8 Å². The highest BCUT2D eigenvalue weighted by molar-refractivity contribution is 7.26. The maximum absolute atomic E-state index is 5.23. The number of rotatable bonds is 4. The van der Waals surface area contributed by atoms with Crippen molar-refractivity contribution in [3.63, 3.8) is 0 Å². The molecule has 49 heavy (non-hydrogen) atoms. The Morgan fingerprint density at radius 2 is 0.898 bits per heavy atom. The molecule has 0 saturated heterocycles. The first-order valence-corrected chi connectivity index (χ1v) is 17.3. The summed E-state index contributed by atoms with van der Waals surface area (Å²) in [6.07, 6.45) is 0. The molecule has 228 valence electrons. The van der Waals surface area contributed by atoms with Crippen molar-refractivity contribution < 1.29 is 0 Å². The second-order valence-electron chi connectivity index (χ2n) is 12.5. The number of hydrogen-bond acceptors (Lipinski definition) is 4. The lowest BCUT2D eigenvalue weighted by molar-refractivity contribution is 1.08. The van der Waals surface area contributed by atoms with Crippen LogP contribution in [0.4, 0.5) is 0 Å². The normalized spacial score (nSPS) is 11.7. The Labute approximate surface area is 286 Å². The molecular formula is C45H27N3S. The van der Waals surface area contributed by atoms with Gasteiger partial charge in [-0.2, -0.15) is 0 Å². The van der Waals surface area contributed by atoms with Gasteiger partial charge in [-0.1, -0.05) is 140 Å². The van der Waals surface area contributed by atoms with Gasteiger partial charge in [-0.15, -0.1) is 11.3 Å². The van der Waals surface area contributed by atoms with Crippen LogP contribution in [0.25, 0.3) is 97.8 Å². The van der Waals surface area contributed by atoms with Crippen molar-refractivity contribution in [3.05, 3.63) is 164 Å². The summed E-state index contributed by atoms with van der Waals surface area (Å²) in [6.45, 7) is 0. The van der Waals surface area contributed by atoms with Gasteiger partial charge in [0.1, 0.15) is 0 Å². The highest BCUT2D eigenvalue weighted by atomic mass is 32.1. The lowest BCUT2D eigenvalue weighted by Crippen LogP contribution is -2.00. The minimum atomic E-state index is 0.653. The molecule has 0 spiro atoms. The maximum Gasteiger partial charge on any atom is 0.164 e. The minimum absolute atomic E-state index is 0.653. The van der Waals surface area contributed by atoms with Gasteiger partial charge in [0, 0.05) is 36.9 Å². The van der Waals surface area contributed by atoms with Crippen LogP contribution in [0.1, 0.15) is 0 Å². The summed E-state index contributed by atoms with van der Waals surface area (Å²) >= 11 is 1.84. The van der Waals surface area contributed by atoms with Gasteiger partial charge in [0.2, 0.25) is 0 Å². The zero-order chi connectivity index (χ0) is 32.3. The number of aromatic nitrogens is 3. The Kier molecular flexibility index (Phi) is 6.36. The third-order valence-electron chi connectivity index (χ3n) is 9.47. The first-order chi connectivity index (χ1) is 24.2. The standard InChI is InChI=1S/C45H27N3S/c1-2-11-30(12-3-1)43-46-44(31-21-18-29(19-22-31)35-23-20-28-10-4-5-13-32(28)24-35)48-45(47-43)39-26-36-16-8-9-17-37(36)42-41(39)38-25-33-14-6-7-15-34(33)27-40(38)49-42/h1-27H. The molecule has 0 saturated carbocycles. The molecule has 10 aromatic rings. The Balaban J connectivity index is 1.19. The van der Waals surface area contributed by atoms with Crippen LogP contribution in [-0.4, -0.2) is 15.0 Å². The van der Waals surface area contributed by atoms with Crippen LogP contribution in [0.5, 0.6) is 0 Å². The molecule has 10 rings (SSSR count). The summed E-state index contributed by atoms with van der Waals surface area (Å²) in [7, 11) is 0. The molecule has 4 heteroatoms. The van der Waals surface area contributed by atoms with Crippen molar-refractivity contribution in [3.8, 4) is 45.3 Å². The average molecular weight is 642 g/mol. The molecule has 0 radical (unpaired) electrons. The molecule has 0 unspecified atom stereocenters. The lowest BCUT2D eigenvalue weighted by atomic mass is 9.98. The Bertz CT molecular complexity index is 2870. The quantitative estimate of drug-likeness (QED) is 0.192. The third kappa shape index (κ3) is 4.76. The lowest BCUT2D eigenvalue weighted by Gasteiger charge is -2.11. The van der Waals surface area contributed by atoms with Gasteiger partial charge in [0.15, 0.2) is 17.5 Å². The van der Waals surface area contributed by atoms with Gasteiger partial charge >= 0.3 is 0 Å². The van der Waals surface area contributed by atoms with E-state index in [-0.39, 0.29) is 0 Å². The molecule has 0 aliphatic heterocycles. The fourth-order valence-corrected chi connectivity index (χ4v) is 8.29. The summed E-state index contributed by atoms with van der Waals surface area (Å²) in [5.41, 5.74) is 5.26. The van der Waals surface area contributed by atoms with Crippen LogP contribution in [0.15, 0.2) is 164 Å². The van der Waals surface area contributed by atoms with E-state index in [0.717, 1.165) is 22.3 Å². The molecule has 8 aromatic carbocycles. The average Bonchev–Trinajstić information content (AvgIpc) is 3.55. The van der Waals surface area contributed by atoms with E-state index < -0.39 is 0 Å². The number of nitrogens with zero attached hydrogens (tertiary/aromatic N) is 3. The topological polar surface area (TPSA) is 38.7 Å². The van der Waals surface area contributed by atoms with Crippen molar-refractivity contribution in [2.24, 2.45) is 0 Å². The molecule has 2 heterocycles. The minimum Gasteiger partial charge on any atom is -0.208 e. The van der Waals surface area contributed by atoms with Gasteiger partial charge in [-0.25, -0.2) is 15.0 Å². The molecule has 0 fully saturated rings. The van der Waals surface area contributed by atoms with E-state index in [1.54, 1.807) is 0 Å². The predicted octanol–water partition coefficient (Wildman–Crippen LogP) is 12.4. The van der Waals surface area contributed by atoms with Gasteiger partial charge in [0.05, 0.1) is 0 Å². The summed E-state index contributed by atoms with van der Waals surface area (Å²) in [5.74, 6) is 1.98. The molecule has 2 aromatic heterocycles. The summed E-state index contributed by atoms with van der Waals surface area (Å²) in [4.78, 5) is 15.5. The zero-order valence-corrected chi connectivity index (χ0v) is 27.2. The number of benzene rings is 8. The van der Waals surface area contributed by atoms with Crippen molar-refractivity contribution in [2.45, 2.75) is 0 Å². The van der Waals surface area contributed by atoms with Crippen LogP contribution in [0.3, 0.4) is 0 Å². The molecule has 0 aliphatic carbocycles. The van der Waals surface area contributed by atoms with Crippen LogP contribution in [0.2, 0.25) is 0 Å². The molecular weight excluding hydrogens is 615 g/mol. The van der Waals surface area contributed by atoms with Crippen LogP contribution >= 0.6 is 11.3 Å². The molecule has 0 amide bonds. The monoisotopic (exact) mass is 641 g/mol. The summed E-state index contributed by atoms with van der Waals surface area (Å²) < 4.78 is 2.51. The maximum atomic E-state index is 5.23. The highest BCUT2D eigenvalue weighted by Gasteiger charge is 2.19. The third-order valence-corrected chi connectivity index (χ3v) is 10.7. The second-order valence-corrected chi connectivity index (χ2v) is 13.5. The highest BCUT2D eigenvalue weighted by Crippen LogP contribution is 2.45. The fourth-order valence-electron chi connectivity index (χ4n) is 7.00. The van der Waals surface area contributed by atoms with Gasteiger partial charge < -0.3 is 0 Å². The first-order valence-electron chi connectivity index (χ1n) is 16.4. The number of hydrogen-bond donors (Lipinski definition) is 0. The second kappa shape index (κ2) is 11.2. The summed E-state index contributed by atoms with van der Waals surface area (Å²) in [5, 5.41) is 9.76. The number of fused-ring (bicyclic) bond motifs is 7. The van der Waals surface area contributed by atoms with Crippen LogP contribution < -0.4 is 0 Å². The van der Waals surface area contributed by atoms with E-state index in [9.17, 15) is 0 Å². The Hall–Kier alpha value is -6.23. The molecule has 0 bridgehead atoms. The van der Waals surface area contributed by atoms with Crippen molar-refractivity contribution in [1.29, 1.82) is 0 Å².